The standard InChI is InChI=1S/C10H19O2/c1-6-10(5,12-8-11)7-9(2,3)4/h6-7H2,1-5H3. The molecule has 0 aliphatic carbocycles. The van der Waals surface area contributed by atoms with Crippen molar-refractivity contribution in [2.24, 2.45) is 5.41 Å². The van der Waals surface area contributed by atoms with Gasteiger partial charge < -0.3 is 4.74 Å². The van der Waals surface area contributed by atoms with E-state index < -0.39 is 0 Å². The van der Waals surface area contributed by atoms with E-state index in [2.05, 4.69) is 20.8 Å². The summed E-state index contributed by atoms with van der Waals surface area (Å²) in [6, 6.07) is 0. The maximum atomic E-state index is 10.1. The predicted molar refractivity (Wildman–Crippen MR) is 49.5 cm³/mol. The Bertz CT molecular complexity index is 146. The number of ether oxygens (including phenoxy) is 1. The van der Waals surface area contributed by atoms with Crippen LogP contribution >= 0.6 is 0 Å². The van der Waals surface area contributed by atoms with Crippen LogP contribution in [-0.2, 0) is 9.53 Å². The van der Waals surface area contributed by atoms with E-state index in [9.17, 15) is 4.79 Å². The highest BCUT2D eigenvalue weighted by molar-refractivity contribution is 5.39. The van der Waals surface area contributed by atoms with Crippen LogP contribution in [0.3, 0.4) is 0 Å². The van der Waals surface area contributed by atoms with Gasteiger partial charge in [-0.1, -0.05) is 27.7 Å². The van der Waals surface area contributed by atoms with E-state index in [1.165, 1.54) is 6.47 Å². The predicted octanol–water partition coefficient (Wildman–Crippen LogP) is 2.68. The Morgan fingerprint density at radius 3 is 2.00 bits per heavy atom. The summed E-state index contributed by atoms with van der Waals surface area (Å²) in [7, 11) is 0. The molecular weight excluding hydrogens is 152 g/mol. The van der Waals surface area contributed by atoms with Crippen molar-refractivity contribution in [1.29, 1.82) is 0 Å². The van der Waals surface area contributed by atoms with Crippen LogP contribution in [0.4, 0.5) is 0 Å². The summed E-state index contributed by atoms with van der Waals surface area (Å²) < 4.78 is 4.95. The lowest BCUT2D eigenvalue weighted by Gasteiger charge is -2.32. The third-order valence-corrected chi connectivity index (χ3v) is 1.94. The SMILES string of the molecule is CCC(C)(CC(C)(C)C)O[C]=O. The molecule has 1 atom stereocenters. The van der Waals surface area contributed by atoms with Crippen LogP contribution in [0, 0.1) is 5.41 Å². The molecule has 0 spiro atoms. The monoisotopic (exact) mass is 171 g/mol. The van der Waals surface area contributed by atoms with Gasteiger partial charge in [0.15, 0.2) is 0 Å². The lowest BCUT2D eigenvalue weighted by molar-refractivity contribution is 0.0260. The Kier molecular flexibility index (Phi) is 3.75. The summed E-state index contributed by atoms with van der Waals surface area (Å²) in [6.07, 6.45) is 1.70. The fraction of sp³-hybridized carbons (Fsp3) is 0.900. The second-order valence-electron chi connectivity index (χ2n) is 4.73. The number of hydrogen-bond acceptors (Lipinski definition) is 2. The first kappa shape index (κ1) is 11.5. The maximum absolute atomic E-state index is 10.1. The van der Waals surface area contributed by atoms with Crippen molar-refractivity contribution >= 4 is 6.47 Å². The summed E-state index contributed by atoms with van der Waals surface area (Å²) >= 11 is 0. The molecule has 0 saturated heterocycles. The number of hydrogen-bond donors (Lipinski definition) is 0. The first-order chi connectivity index (χ1) is 5.33. The number of rotatable bonds is 4. The zero-order valence-electron chi connectivity index (χ0n) is 8.73. The van der Waals surface area contributed by atoms with Gasteiger partial charge >= 0.3 is 6.47 Å². The van der Waals surface area contributed by atoms with Crippen molar-refractivity contribution in [3.8, 4) is 0 Å². The van der Waals surface area contributed by atoms with E-state index >= 15 is 0 Å². The smallest absolute Gasteiger partial charge is 0.418 e. The van der Waals surface area contributed by atoms with Gasteiger partial charge in [-0.15, -0.1) is 0 Å². The quantitative estimate of drug-likeness (QED) is 0.650. The largest absolute Gasteiger partial charge is 0.451 e. The Morgan fingerprint density at radius 2 is 1.75 bits per heavy atom. The van der Waals surface area contributed by atoms with Gasteiger partial charge in [0.2, 0.25) is 0 Å². The Labute approximate surface area is 75.3 Å². The average Bonchev–Trinajstić information content (AvgIpc) is 1.84. The molecule has 2 heteroatoms. The zero-order chi connectivity index (χ0) is 9.83. The molecule has 0 saturated carbocycles. The molecule has 0 aliphatic heterocycles. The van der Waals surface area contributed by atoms with Crippen molar-refractivity contribution in [3.63, 3.8) is 0 Å². The number of carbonyl (C=O) groups excluding carboxylic acids is 1. The van der Waals surface area contributed by atoms with Gasteiger partial charge in [0.05, 0.1) is 0 Å². The molecule has 0 rings (SSSR count). The van der Waals surface area contributed by atoms with Crippen molar-refractivity contribution in [1.82, 2.24) is 0 Å². The zero-order valence-corrected chi connectivity index (χ0v) is 8.73. The fourth-order valence-electron chi connectivity index (χ4n) is 1.46. The van der Waals surface area contributed by atoms with E-state index in [1.54, 1.807) is 0 Å². The Morgan fingerprint density at radius 1 is 1.25 bits per heavy atom. The Balaban J connectivity index is 4.23. The molecule has 12 heavy (non-hydrogen) atoms. The second kappa shape index (κ2) is 3.92. The highest BCUT2D eigenvalue weighted by atomic mass is 16.5. The summed E-state index contributed by atoms with van der Waals surface area (Å²) in [4.78, 5) is 10.1. The van der Waals surface area contributed by atoms with E-state index in [-0.39, 0.29) is 11.0 Å². The second-order valence-corrected chi connectivity index (χ2v) is 4.73. The van der Waals surface area contributed by atoms with Crippen molar-refractivity contribution in [3.05, 3.63) is 0 Å². The molecule has 0 aromatic carbocycles. The van der Waals surface area contributed by atoms with Crippen LogP contribution in [0.25, 0.3) is 0 Å². The molecule has 0 aliphatic rings. The average molecular weight is 171 g/mol. The van der Waals surface area contributed by atoms with E-state index in [1.807, 2.05) is 13.8 Å². The van der Waals surface area contributed by atoms with Crippen LogP contribution in [0.15, 0.2) is 0 Å². The highest BCUT2D eigenvalue weighted by Gasteiger charge is 2.29. The summed E-state index contributed by atoms with van der Waals surface area (Å²) in [5.74, 6) is 0. The topological polar surface area (TPSA) is 26.3 Å². The minimum absolute atomic E-state index is 0.182. The van der Waals surface area contributed by atoms with Crippen LogP contribution in [-0.4, -0.2) is 12.1 Å². The first-order valence-corrected chi connectivity index (χ1v) is 4.38. The molecule has 1 radical (unpaired) electrons. The molecule has 0 amide bonds. The van der Waals surface area contributed by atoms with Gasteiger partial charge in [-0.25, -0.2) is 4.79 Å². The normalized spacial score (nSPS) is 16.8. The summed E-state index contributed by atoms with van der Waals surface area (Å²) in [6.45, 7) is 11.9. The molecule has 0 aromatic rings. The molecule has 71 valence electrons. The minimum atomic E-state index is -0.347. The fourth-order valence-corrected chi connectivity index (χ4v) is 1.46. The van der Waals surface area contributed by atoms with Gasteiger partial charge in [-0.3, -0.25) is 0 Å². The molecule has 0 fully saturated rings. The van der Waals surface area contributed by atoms with E-state index in [0.29, 0.717) is 0 Å². The van der Waals surface area contributed by atoms with Crippen LogP contribution < -0.4 is 0 Å². The van der Waals surface area contributed by atoms with Crippen molar-refractivity contribution < 1.29 is 9.53 Å². The lowest BCUT2D eigenvalue weighted by Crippen LogP contribution is -2.32. The van der Waals surface area contributed by atoms with E-state index in [4.69, 9.17) is 4.74 Å². The summed E-state index contributed by atoms with van der Waals surface area (Å²) in [5.41, 5.74) is -0.165. The molecular formula is C10H19O2. The molecule has 1 unspecified atom stereocenters. The lowest BCUT2D eigenvalue weighted by atomic mass is 9.81. The van der Waals surface area contributed by atoms with Gasteiger partial charge in [0, 0.05) is 0 Å². The Hall–Kier alpha value is -0.530. The highest BCUT2D eigenvalue weighted by Crippen LogP contribution is 2.31. The maximum Gasteiger partial charge on any atom is 0.418 e. The van der Waals surface area contributed by atoms with Crippen molar-refractivity contribution in [2.75, 3.05) is 0 Å². The third kappa shape index (κ3) is 4.37. The molecule has 0 heterocycles. The third-order valence-electron chi connectivity index (χ3n) is 1.94. The van der Waals surface area contributed by atoms with Crippen molar-refractivity contribution in [2.45, 2.75) is 53.1 Å². The van der Waals surface area contributed by atoms with Gasteiger partial charge in [0.25, 0.3) is 0 Å². The minimum Gasteiger partial charge on any atom is -0.451 e. The molecule has 0 N–H and O–H groups in total. The first-order valence-electron chi connectivity index (χ1n) is 4.38. The molecule has 2 nitrogen and oxygen atoms in total. The summed E-state index contributed by atoms with van der Waals surface area (Å²) in [5, 5.41) is 0. The van der Waals surface area contributed by atoms with Crippen LogP contribution in [0.5, 0.6) is 0 Å². The van der Waals surface area contributed by atoms with Crippen LogP contribution in [0.2, 0.25) is 0 Å². The van der Waals surface area contributed by atoms with Gasteiger partial charge in [-0.2, -0.15) is 0 Å². The molecule has 0 bridgehead atoms. The van der Waals surface area contributed by atoms with Gasteiger partial charge in [0.1, 0.15) is 5.60 Å². The van der Waals surface area contributed by atoms with Gasteiger partial charge in [-0.05, 0) is 25.2 Å². The molecule has 0 aromatic heterocycles. The van der Waals surface area contributed by atoms with Crippen LogP contribution in [0.1, 0.15) is 47.5 Å². The van der Waals surface area contributed by atoms with E-state index in [0.717, 1.165) is 12.8 Å².